The number of morpholine rings is 1. The van der Waals surface area contributed by atoms with E-state index in [0.29, 0.717) is 13.2 Å². The smallest absolute Gasteiger partial charge is 0.312 e. The largest absolute Gasteiger partial charge is 0.466 e. The van der Waals surface area contributed by atoms with Gasteiger partial charge in [-0.25, -0.2) is 0 Å². The SMILES string of the molecule is CCOC(=O)[C@@H](CN)C1(N2CCOCC2)CCCCC1. The predicted octanol–water partition coefficient (Wildman–Crippen LogP) is 1.16. The first-order valence-electron chi connectivity index (χ1n) is 7.94. The lowest BCUT2D eigenvalue weighted by atomic mass is 9.71. The predicted molar refractivity (Wildman–Crippen MR) is 77.4 cm³/mol. The van der Waals surface area contributed by atoms with Crippen molar-refractivity contribution in [1.82, 2.24) is 4.90 Å². The van der Waals surface area contributed by atoms with Gasteiger partial charge in [-0.15, -0.1) is 0 Å². The van der Waals surface area contributed by atoms with Gasteiger partial charge < -0.3 is 15.2 Å². The first kappa shape index (κ1) is 15.7. The molecule has 5 heteroatoms. The maximum Gasteiger partial charge on any atom is 0.312 e. The average Bonchev–Trinajstić information content (AvgIpc) is 2.50. The van der Waals surface area contributed by atoms with Crippen molar-refractivity contribution in [3.8, 4) is 0 Å². The molecule has 0 unspecified atom stereocenters. The van der Waals surface area contributed by atoms with Crippen molar-refractivity contribution in [2.75, 3.05) is 39.5 Å². The minimum atomic E-state index is -0.208. The molecule has 2 aliphatic rings. The summed E-state index contributed by atoms with van der Waals surface area (Å²) in [6, 6.07) is 0. The van der Waals surface area contributed by atoms with Gasteiger partial charge in [0.25, 0.3) is 0 Å². The Labute approximate surface area is 121 Å². The fraction of sp³-hybridized carbons (Fsp3) is 0.933. The van der Waals surface area contributed by atoms with Crippen LogP contribution in [0.4, 0.5) is 0 Å². The van der Waals surface area contributed by atoms with Crippen LogP contribution in [0.25, 0.3) is 0 Å². The van der Waals surface area contributed by atoms with Gasteiger partial charge in [0.05, 0.1) is 25.7 Å². The number of carbonyl (C=O) groups is 1. The van der Waals surface area contributed by atoms with Crippen molar-refractivity contribution < 1.29 is 14.3 Å². The molecule has 0 aromatic heterocycles. The van der Waals surface area contributed by atoms with E-state index in [1.165, 1.54) is 19.3 Å². The Morgan fingerprint density at radius 1 is 1.30 bits per heavy atom. The lowest BCUT2D eigenvalue weighted by Gasteiger charge is -2.51. The molecule has 0 spiro atoms. The van der Waals surface area contributed by atoms with Gasteiger partial charge in [-0.1, -0.05) is 19.3 Å². The van der Waals surface area contributed by atoms with Crippen molar-refractivity contribution in [1.29, 1.82) is 0 Å². The highest BCUT2D eigenvalue weighted by molar-refractivity contribution is 5.74. The molecule has 0 aromatic carbocycles. The Morgan fingerprint density at radius 2 is 1.95 bits per heavy atom. The number of hydrogen-bond acceptors (Lipinski definition) is 5. The summed E-state index contributed by atoms with van der Waals surface area (Å²) >= 11 is 0. The van der Waals surface area contributed by atoms with E-state index in [9.17, 15) is 4.79 Å². The van der Waals surface area contributed by atoms with Gasteiger partial charge in [0.15, 0.2) is 0 Å². The molecule has 0 radical (unpaired) electrons. The van der Waals surface area contributed by atoms with Crippen molar-refractivity contribution in [2.24, 2.45) is 11.7 Å². The number of esters is 1. The van der Waals surface area contributed by atoms with E-state index in [1.54, 1.807) is 0 Å². The lowest BCUT2D eigenvalue weighted by Crippen LogP contribution is -2.62. The van der Waals surface area contributed by atoms with Gasteiger partial charge in [-0.3, -0.25) is 9.69 Å². The van der Waals surface area contributed by atoms with Crippen molar-refractivity contribution >= 4 is 5.97 Å². The summed E-state index contributed by atoms with van der Waals surface area (Å²) in [6.07, 6.45) is 5.70. The second-order valence-corrected chi connectivity index (χ2v) is 5.80. The number of ether oxygens (including phenoxy) is 2. The zero-order valence-electron chi connectivity index (χ0n) is 12.6. The molecular formula is C15H28N2O3. The van der Waals surface area contributed by atoms with Crippen LogP contribution in [0.2, 0.25) is 0 Å². The molecule has 1 saturated carbocycles. The summed E-state index contributed by atoms with van der Waals surface area (Å²) in [5.74, 6) is -0.329. The Morgan fingerprint density at radius 3 is 2.50 bits per heavy atom. The van der Waals surface area contributed by atoms with E-state index < -0.39 is 0 Å². The van der Waals surface area contributed by atoms with E-state index in [0.717, 1.165) is 39.1 Å². The van der Waals surface area contributed by atoms with Gasteiger partial charge in [0.1, 0.15) is 0 Å². The Bertz CT molecular complexity index is 310. The van der Waals surface area contributed by atoms with Crippen molar-refractivity contribution in [3.63, 3.8) is 0 Å². The monoisotopic (exact) mass is 284 g/mol. The highest BCUT2D eigenvalue weighted by Gasteiger charge is 2.48. The van der Waals surface area contributed by atoms with Crippen LogP contribution in [0, 0.1) is 5.92 Å². The molecule has 1 atom stereocenters. The van der Waals surface area contributed by atoms with E-state index >= 15 is 0 Å². The maximum atomic E-state index is 12.4. The van der Waals surface area contributed by atoms with Gasteiger partial charge in [-0.2, -0.15) is 0 Å². The minimum absolute atomic E-state index is 0.108. The Hall–Kier alpha value is -0.650. The number of hydrogen-bond donors (Lipinski definition) is 1. The average molecular weight is 284 g/mol. The molecule has 2 fully saturated rings. The number of nitrogens with two attached hydrogens (primary N) is 1. The molecule has 0 amide bonds. The highest BCUT2D eigenvalue weighted by Crippen LogP contribution is 2.40. The summed E-state index contributed by atoms with van der Waals surface area (Å²) in [7, 11) is 0. The fourth-order valence-electron chi connectivity index (χ4n) is 3.84. The van der Waals surface area contributed by atoms with Crippen LogP contribution in [0.1, 0.15) is 39.0 Å². The van der Waals surface area contributed by atoms with Crippen LogP contribution in [0.5, 0.6) is 0 Å². The molecule has 2 rings (SSSR count). The van der Waals surface area contributed by atoms with E-state index in [-0.39, 0.29) is 17.4 Å². The van der Waals surface area contributed by atoms with Crippen LogP contribution < -0.4 is 5.73 Å². The van der Waals surface area contributed by atoms with Crippen LogP contribution in [-0.2, 0) is 14.3 Å². The fourth-order valence-corrected chi connectivity index (χ4v) is 3.84. The quantitative estimate of drug-likeness (QED) is 0.768. The first-order valence-corrected chi connectivity index (χ1v) is 7.94. The van der Waals surface area contributed by atoms with Gasteiger partial charge >= 0.3 is 5.97 Å². The van der Waals surface area contributed by atoms with E-state index in [2.05, 4.69) is 4.90 Å². The molecule has 1 saturated heterocycles. The second kappa shape index (κ2) is 7.38. The number of nitrogens with zero attached hydrogens (tertiary/aromatic N) is 1. The van der Waals surface area contributed by atoms with Gasteiger partial charge in [-0.05, 0) is 19.8 Å². The zero-order valence-corrected chi connectivity index (χ0v) is 12.6. The normalized spacial score (nSPS) is 25.1. The third-order valence-electron chi connectivity index (χ3n) is 4.82. The van der Waals surface area contributed by atoms with Gasteiger partial charge in [0, 0.05) is 25.2 Å². The molecule has 0 aromatic rings. The summed E-state index contributed by atoms with van der Waals surface area (Å²) in [4.78, 5) is 14.8. The second-order valence-electron chi connectivity index (χ2n) is 5.80. The van der Waals surface area contributed by atoms with Gasteiger partial charge in [0.2, 0.25) is 0 Å². The molecule has 116 valence electrons. The summed E-state index contributed by atoms with van der Waals surface area (Å²) in [6.45, 7) is 5.95. The van der Waals surface area contributed by atoms with Crippen LogP contribution in [0.3, 0.4) is 0 Å². The van der Waals surface area contributed by atoms with Crippen LogP contribution in [-0.4, -0.2) is 55.9 Å². The Kier molecular flexibility index (Phi) is 5.81. The van der Waals surface area contributed by atoms with Crippen LogP contribution in [0.15, 0.2) is 0 Å². The van der Waals surface area contributed by atoms with Crippen LogP contribution >= 0.6 is 0 Å². The Balaban J connectivity index is 2.21. The molecule has 0 bridgehead atoms. The third-order valence-corrected chi connectivity index (χ3v) is 4.82. The molecule has 1 aliphatic carbocycles. The molecule has 5 nitrogen and oxygen atoms in total. The summed E-state index contributed by atoms with van der Waals surface area (Å²) in [5, 5.41) is 0. The lowest BCUT2D eigenvalue weighted by molar-refractivity contribution is -0.158. The summed E-state index contributed by atoms with van der Waals surface area (Å²) < 4.78 is 10.8. The number of rotatable bonds is 5. The third kappa shape index (κ3) is 3.15. The highest BCUT2D eigenvalue weighted by atomic mass is 16.5. The number of carbonyl (C=O) groups excluding carboxylic acids is 1. The van der Waals surface area contributed by atoms with Crippen molar-refractivity contribution in [2.45, 2.75) is 44.6 Å². The topological polar surface area (TPSA) is 64.8 Å². The maximum absolute atomic E-state index is 12.4. The standard InChI is InChI=1S/C15H28N2O3/c1-2-20-14(18)13(12-16)15(6-4-3-5-7-15)17-8-10-19-11-9-17/h13H,2-12,16H2,1H3/t13-/m1/s1. The molecular weight excluding hydrogens is 256 g/mol. The molecule has 1 heterocycles. The van der Waals surface area contributed by atoms with E-state index in [4.69, 9.17) is 15.2 Å². The first-order chi connectivity index (χ1) is 9.74. The van der Waals surface area contributed by atoms with E-state index in [1.807, 2.05) is 6.92 Å². The van der Waals surface area contributed by atoms with Crippen molar-refractivity contribution in [3.05, 3.63) is 0 Å². The molecule has 1 aliphatic heterocycles. The molecule has 20 heavy (non-hydrogen) atoms. The molecule has 2 N–H and O–H groups in total. The summed E-state index contributed by atoms with van der Waals surface area (Å²) in [5.41, 5.74) is 5.86. The zero-order chi connectivity index (χ0) is 14.4. The minimum Gasteiger partial charge on any atom is -0.466 e.